The summed E-state index contributed by atoms with van der Waals surface area (Å²) in [4.78, 5) is 4.37. The van der Waals surface area contributed by atoms with Gasteiger partial charge in [0.1, 0.15) is 6.33 Å². The molecular weight excluding hydrogens is 280 g/mol. The first-order chi connectivity index (χ1) is 10.2. The van der Waals surface area contributed by atoms with Crippen molar-refractivity contribution in [2.24, 2.45) is 7.05 Å². The van der Waals surface area contributed by atoms with E-state index in [4.69, 9.17) is 0 Å². The molecule has 112 valence electrons. The third-order valence-electron chi connectivity index (χ3n) is 4.17. The van der Waals surface area contributed by atoms with E-state index in [0.717, 1.165) is 18.1 Å². The Morgan fingerprint density at radius 2 is 2.10 bits per heavy atom. The molecule has 3 rings (SSSR count). The zero-order chi connectivity index (χ0) is 14.8. The summed E-state index contributed by atoms with van der Waals surface area (Å²) >= 11 is 1.84. The van der Waals surface area contributed by atoms with E-state index in [2.05, 4.69) is 53.5 Å². The molecule has 0 aliphatic heterocycles. The Bertz CT molecular complexity index is 610. The number of rotatable bonds is 4. The Balaban J connectivity index is 1.92. The standard InChI is InChI=1S/C16H22N4S/c1-4-17-15-13-8-6-5-7-12(13)11(2)9-14(15)21-16-18-10-19-20(16)3/h5-8,10-11,14-15,17H,4,9H2,1-3H3. The molecule has 2 aromatic rings. The SMILES string of the molecule is CCNC1c2ccccc2C(C)CC1Sc1ncnn1C. The Kier molecular flexibility index (Phi) is 4.31. The van der Waals surface area contributed by atoms with E-state index in [1.807, 2.05) is 23.5 Å². The summed E-state index contributed by atoms with van der Waals surface area (Å²) in [5.41, 5.74) is 2.93. The number of aromatic nitrogens is 3. The third-order valence-corrected chi connectivity index (χ3v) is 5.52. The Morgan fingerprint density at radius 3 is 2.76 bits per heavy atom. The number of nitrogens with zero attached hydrogens (tertiary/aromatic N) is 3. The smallest absolute Gasteiger partial charge is 0.186 e. The number of hydrogen-bond donors (Lipinski definition) is 1. The first-order valence-corrected chi connectivity index (χ1v) is 8.41. The van der Waals surface area contributed by atoms with Crippen molar-refractivity contribution in [2.75, 3.05) is 6.54 Å². The number of hydrogen-bond acceptors (Lipinski definition) is 4. The van der Waals surface area contributed by atoms with Crippen LogP contribution in [0.2, 0.25) is 0 Å². The number of nitrogens with one attached hydrogen (secondary N) is 1. The molecule has 1 aliphatic rings. The summed E-state index contributed by atoms with van der Waals surface area (Å²) in [6.45, 7) is 5.47. The number of thioether (sulfide) groups is 1. The maximum absolute atomic E-state index is 4.37. The fourth-order valence-electron chi connectivity index (χ4n) is 3.16. The average Bonchev–Trinajstić information content (AvgIpc) is 2.89. The second-order valence-electron chi connectivity index (χ2n) is 5.62. The molecule has 0 spiro atoms. The predicted molar refractivity (Wildman–Crippen MR) is 86.5 cm³/mol. The van der Waals surface area contributed by atoms with Gasteiger partial charge < -0.3 is 5.32 Å². The molecule has 0 saturated heterocycles. The first kappa shape index (κ1) is 14.6. The number of benzene rings is 1. The van der Waals surface area contributed by atoms with Crippen LogP contribution in [-0.4, -0.2) is 26.6 Å². The molecule has 1 heterocycles. The molecule has 0 bridgehead atoms. The van der Waals surface area contributed by atoms with Crippen molar-refractivity contribution in [1.82, 2.24) is 20.1 Å². The fraction of sp³-hybridized carbons (Fsp3) is 0.500. The van der Waals surface area contributed by atoms with Gasteiger partial charge in [-0.1, -0.05) is 49.9 Å². The van der Waals surface area contributed by atoms with Crippen LogP contribution in [0.25, 0.3) is 0 Å². The van der Waals surface area contributed by atoms with Crippen molar-refractivity contribution in [3.63, 3.8) is 0 Å². The van der Waals surface area contributed by atoms with E-state index in [9.17, 15) is 0 Å². The Morgan fingerprint density at radius 1 is 1.33 bits per heavy atom. The average molecular weight is 302 g/mol. The molecule has 5 heteroatoms. The van der Waals surface area contributed by atoms with Crippen LogP contribution in [0.4, 0.5) is 0 Å². The molecule has 0 radical (unpaired) electrons. The first-order valence-electron chi connectivity index (χ1n) is 7.53. The molecule has 1 aromatic carbocycles. The molecule has 1 aromatic heterocycles. The lowest BCUT2D eigenvalue weighted by Crippen LogP contribution is -2.35. The summed E-state index contributed by atoms with van der Waals surface area (Å²) in [5.74, 6) is 0.585. The van der Waals surface area contributed by atoms with Gasteiger partial charge >= 0.3 is 0 Å². The minimum Gasteiger partial charge on any atom is -0.309 e. The highest BCUT2D eigenvalue weighted by atomic mass is 32.2. The van der Waals surface area contributed by atoms with Crippen LogP contribution in [0, 0.1) is 0 Å². The van der Waals surface area contributed by atoms with Crippen molar-refractivity contribution >= 4 is 11.8 Å². The summed E-state index contributed by atoms with van der Waals surface area (Å²) < 4.78 is 1.86. The van der Waals surface area contributed by atoms with Gasteiger partial charge in [0, 0.05) is 18.3 Å². The highest BCUT2D eigenvalue weighted by Gasteiger charge is 2.33. The molecule has 3 unspecified atom stereocenters. The van der Waals surface area contributed by atoms with E-state index in [-0.39, 0.29) is 0 Å². The molecule has 21 heavy (non-hydrogen) atoms. The van der Waals surface area contributed by atoms with Crippen molar-refractivity contribution in [1.29, 1.82) is 0 Å². The lowest BCUT2D eigenvalue weighted by molar-refractivity contribution is 0.452. The second-order valence-corrected chi connectivity index (χ2v) is 6.83. The summed E-state index contributed by atoms with van der Waals surface area (Å²) in [6.07, 6.45) is 2.79. The minimum absolute atomic E-state index is 0.379. The highest BCUT2D eigenvalue weighted by molar-refractivity contribution is 7.99. The largest absolute Gasteiger partial charge is 0.309 e. The molecule has 1 aliphatic carbocycles. The summed E-state index contributed by atoms with van der Waals surface area (Å²) in [6, 6.07) is 9.21. The molecule has 0 amide bonds. The number of aryl methyl sites for hydroxylation is 1. The lowest BCUT2D eigenvalue weighted by Gasteiger charge is -2.36. The van der Waals surface area contributed by atoms with Crippen molar-refractivity contribution in [3.8, 4) is 0 Å². The van der Waals surface area contributed by atoms with Crippen LogP contribution in [0.5, 0.6) is 0 Å². The number of fused-ring (bicyclic) bond motifs is 1. The maximum atomic E-state index is 4.37. The molecule has 0 fully saturated rings. The van der Waals surface area contributed by atoms with E-state index in [0.29, 0.717) is 17.2 Å². The van der Waals surface area contributed by atoms with Crippen LogP contribution in [0.15, 0.2) is 35.7 Å². The van der Waals surface area contributed by atoms with E-state index >= 15 is 0 Å². The van der Waals surface area contributed by atoms with Gasteiger partial charge in [0.2, 0.25) is 0 Å². The van der Waals surface area contributed by atoms with Crippen LogP contribution in [-0.2, 0) is 7.05 Å². The summed E-state index contributed by atoms with van der Waals surface area (Å²) in [5, 5.41) is 9.32. The Labute approximate surface area is 130 Å². The van der Waals surface area contributed by atoms with Crippen LogP contribution < -0.4 is 5.32 Å². The van der Waals surface area contributed by atoms with Gasteiger partial charge in [-0.3, -0.25) is 0 Å². The van der Waals surface area contributed by atoms with Gasteiger partial charge in [-0.25, -0.2) is 9.67 Å². The quantitative estimate of drug-likeness (QED) is 0.942. The van der Waals surface area contributed by atoms with Gasteiger partial charge in [-0.2, -0.15) is 5.10 Å². The third kappa shape index (κ3) is 2.85. The van der Waals surface area contributed by atoms with Gasteiger partial charge in [0.15, 0.2) is 5.16 Å². The molecule has 0 saturated carbocycles. The van der Waals surface area contributed by atoms with Crippen LogP contribution in [0.1, 0.15) is 43.4 Å². The van der Waals surface area contributed by atoms with E-state index in [1.54, 1.807) is 6.33 Å². The fourth-order valence-corrected chi connectivity index (χ4v) is 4.50. The zero-order valence-electron chi connectivity index (χ0n) is 12.8. The molecule has 4 nitrogen and oxygen atoms in total. The van der Waals surface area contributed by atoms with Gasteiger partial charge in [0.05, 0.1) is 0 Å². The van der Waals surface area contributed by atoms with Crippen molar-refractivity contribution in [3.05, 3.63) is 41.7 Å². The Hall–Kier alpha value is -1.33. The van der Waals surface area contributed by atoms with Crippen molar-refractivity contribution < 1.29 is 0 Å². The maximum Gasteiger partial charge on any atom is 0.186 e. The molecule has 1 N–H and O–H groups in total. The predicted octanol–water partition coefficient (Wildman–Crippen LogP) is 3.13. The van der Waals surface area contributed by atoms with E-state index < -0.39 is 0 Å². The second kappa shape index (κ2) is 6.20. The topological polar surface area (TPSA) is 42.7 Å². The van der Waals surface area contributed by atoms with Crippen LogP contribution >= 0.6 is 11.8 Å². The molecule has 3 atom stereocenters. The normalized spacial score (nSPS) is 24.8. The van der Waals surface area contributed by atoms with E-state index in [1.165, 1.54) is 11.1 Å². The minimum atomic E-state index is 0.379. The summed E-state index contributed by atoms with van der Waals surface area (Å²) in [7, 11) is 1.96. The van der Waals surface area contributed by atoms with Gasteiger partial charge in [-0.05, 0) is 30.0 Å². The lowest BCUT2D eigenvalue weighted by atomic mass is 9.80. The molecular formula is C16H22N4S. The van der Waals surface area contributed by atoms with Gasteiger partial charge in [-0.15, -0.1) is 0 Å². The zero-order valence-corrected chi connectivity index (χ0v) is 13.6. The highest BCUT2D eigenvalue weighted by Crippen LogP contribution is 2.44. The monoisotopic (exact) mass is 302 g/mol. The van der Waals surface area contributed by atoms with Crippen molar-refractivity contribution in [2.45, 2.75) is 42.6 Å². The van der Waals surface area contributed by atoms with Gasteiger partial charge in [0.25, 0.3) is 0 Å². The van der Waals surface area contributed by atoms with Crippen LogP contribution in [0.3, 0.4) is 0 Å².